The average Bonchev–Trinajstić information content (AvgIpc) is 2.74. The van der Waals surface area contributed by atoms with Crippen LogP contribution in [0.5, 0.6) is 0 Å². The average molecular weight is 169 g/mol. The summed E-state index contributed by atoms with van der Waals surface area (Å²) in [4.78, 5) is 13.3. The molecule has 3 nitrogen and oxygen atoms in total. The highest BCUT2D eigenvalue weighted by atomic mass is 16.3. The van der Waals surface area contributed by atoms with Crippen molar-refractivity contribution in [1.29, 1.82) is 0 Å². The van der Waals surface area contributed by atoms with Crippen LogP contribution in [0.1, 0.15) is 20.3 Å². The molecule has 0 aromatic rings. The Balaban J connectivity index is 2.32. The topological polar surface area (TPSA) is 40.5 Å². The van der Waals surface area contributed by atoms with E-state index in [1.54, 1.807) is 11.9 Å². The molecule has 3 atom stereocenters. The maximum atomic E-state index is 11.6. The second-order valence-corrected chi connectivity index (χ2v) is 4.31. The number of amides is 1. The first kappa shape index (κ1) is 8.05. The number of rotatable bonds is 1. The summed E-state index contributed by atoms with van der Waals surface area (Å²) in [6.45, 7) is 3.82. The number of nitrogens with zero attached hydrogens (tertiary/aromatic N) is 1. The van der Waals surface area contributed by atoms with Crippen molar-refractivity contribution >= 4 is 5.91 Å². The SMILES string of the molecule is CC(C)[C@@]1(O)C(=O)N(C)[C@@H]2CC21. The van der Waals surface area contributed by atoms with Crippen LogP contribution in [0.4, 0.5) is 0 Å². The van der Waals surface area contributed by atoms with E-state index in [1.807, 2.05) is 13.8 Å². The Kier molecular flexibility index (Phi) is 1.35. The summed E-state index contributed by atoms with van der Waals surface area (Å²) in [6.07, 6.45) is 0.983. The van der Waals surface area contributed by atoms with Crippen LogP contribution in [0, 0.1) is 11.8 Å². The van der Waals surface area contributed by atoms with Gasteiger partial charge in [-0.25, -0.2) is 0 Å². The molecule has 1 unspecified atom stereocenters. The Morgan fingerprint density at radius 1 is 1.67 bits per heavy atom. The van der Waals surface area contributed by atoms with Crippen LogP contribution in [0.25, 0.3) is 0 Å². The number of aliphatic hydroxyl groups is 1. The molecular weight excluding hydrogens is 154 g/mol. The first-order valence-electron chi connectivity index (χ1n) is 4.49. The molecule has 1 saturated heterocycles. The van der Waals surface area contributed by atoms with Gasteiger partial charge in [0, 0.05) is 19.0 Å². The zero-order valence-electron chi connectivity index (χ0n) is 7.74. The fourth-order valence-electron chi connectivity index (χ4n) is 2.35. The molecule has 1 aliphatic carbocycles. The van der Waals surface area contributed by atoms with Crippen LogP contribution in [0.3, 0.4) is 0 Å². The minimum Gasteiger partial charge on any atom is -0.379 e. The van der Waals surface area contributed by atoms with E-state index >= 15 is 0 Å². The van der Waals surface area contributed by atoms with Crippen molar-refractivity contribution < 1.29 is 9.90 Å². The van der Waals surface area contributed by atoms with Gasteiger partial charge in [0.2, 0.25) is 0 Å². The van der Waals surface area contributed by atoms with Crippen molar-refractivity contribution in [1.82, 2.24) is 4.90 Å². The monoisotopic (exact) mass is 169 g/mol. The largest absolute Gasteiger partial charge is 0.379 e. The summed E-state index contributed by atoms with van der Waals surface area (Å²) in [5.41, 5.74) is -1.06. The molecule has 1 N–H and O–H groups in total. The molecule has 68 valence electrons. The molecule has 1 heterocycles. The Morgan fingerprint density at radius 3 is 2.50 bits per heavy atom. The predicted octanol–water partition coefficient (Wildman–Crippen LogP) is 0.234. The normalized spacial score (nSPS) is 45.4. The van der Waals surface area contributed by atoms with Gasteiger partial charge in [0.25, 0.3) is 5.91 Å². The summed E-state index contributed by atoms with van der Waals surface area (Å²) in [5.74, 6) is 0.152. The lowest BCUT2D eigenvalue weighted by molar-refractivity contribution is -0.150. The van der Waals surface area contributed by atoms with Gasteiger partial charge in [-0.2, -0.15) is 0 Å². The number of carbonyl (C=O) groups is 1. The van der Waals surface area contributed by atoms with Crippen molar-refractivity contribution in [3.63, 3.8) is 0 Å². The van der Waals surface area contributed by atoms with Gasteiger partial charge in [-0.05, 0) is 12.3 Å². The third-order valence-electron chi connectivity index (χ3n) is 3.36. The molecule has 2 aliphatic rings. The number of piperidine rings is 1. The van der Waals surface area contributed by atoms with Crippen LogP contribution >= 0.6 is 0 Å². The molecule has 2 rings (SSSR count). The van der Waals surface area contributed by atoms with Gasteiger partial charge in [0.15, 0.2) is 0 Å². The highest BCUT2D eigenvalue weighted by Crippen LogP contribution is 2.53. The van der Waals surface area contributed by atoms with E-state index in [-0.39, 0.29) is 17.7 Å². The van der Waals surface area contributed by atoms with Gasteiger partial charge in [-0.1, -0.05) is 13.8 Å². The molecule has 1 saturated carbocycles. The van der Waals surface area contributed by atoms with Gasteiger partial charge < -0.3 is 10.0 Å². The lowest BCUT2D eigenvalue weighted by atomic mass is 9.86. The molecule has 0 aromatic carbocycles. The third-order valence-corrected chi connectivity index (χ3v) is 3.36. The standard InChI is InChI=1S/C9H15NO2/c1-5(2)9(12)6-4-7(6)10(3)8(9)11/h5-7,12H,4H2,1-3H3/t6?,7-,9+/m1/s1. The van der Waals surface area contributed by atoms with E-state index in [1.165, 1.54) is 0 Å². The van der Waals surface area contributed by atoms with E-state index in [0.717, 1.165) is 6.42 Å². The van der Waals surface area contributed by atoms with E-state index in [0.29, 0.717) is 6.04 Å². The smallest absolute Gasteiger partial charge is 0.255 e. The van der Waals surface area contributed by atoms with Crippen molar-refractivity contribution in [3.8, 4) is 0 Å². The van der Waals surface area contributed by atoms with Gasteiger partial charge in [-0.15, -0.1) is 0 Å². The first-order chi connectivity index (χ1) is 5.49. The minimum atomic E-state index is -1.06. The van der Waals surface area contributed by atoms with Gasteiger partial charge >= 0.3 is 0 Å². The maximum absolute atomic E-state index is 11.6. The Bertz CT molecular complexity index is 239. The lowest BCUT2D eigenvalue weighted by Crippen LogP contribution is -2.47. The number of hydrogen-bond acceptors (Lipinski definition) is 2. The van der Waals surface area contributed by atoms with Crippen molar-refractivity contribution in [3.05, 3.63) is 0 Å². The Labute approximate surface area is 72.4 Å². The fraction of sp³-hybridized carbons (Fsp3) is 0.889. The molecule has 1 amide bonds. The Hall–Kier alpha value is -0.570. The first-order valence-corrected chi connectivity index (χ1v) is 4.49. The summed E-state index contributed by atoms with van der Waals surface area (Å²) in [5, 5.41) is 10.1. The number of likely N-dealkylation sites (tertiary alicyclic amines) is 1. The summed E-state index contributed by atoms with van der Waals surface area (Å²) >= 11 is 0. The Morgan fingerprint density at radius 2 is 2.25 bits per heavy atom. The third kappa shape index (κ3) is 0.678. The lowest BCUT2D eigenvalue weighted by Gasteiger charge is -2.28. The predicted molar refractivity (Wildman–Crippen MR) is 44.5 cm³/mol. The highest BCUT2D eigenvalue weighted by molar-refractivity contribution is 5.90. The van der Waals surface area contributed by atoms with Crippen LogP contribution in [0.2, 0.25) is 0 Å². The molecule has 2 fully saturated rings. The number of fused-ring (bicyclic) bond motifs is 1. The second kappa shape index (κ2) is 2.02. The summed E-state index contributed by atoms with van der Waals surface area (Å²) in [7, 11) is 1.79. The van der Waals surface area contributed by atoms with Gasteiger partial charge in [0.05, 0.1) is 0 Å². The van der Waals surface area contributed by atoms with Crippen LogP contribution < -0.4 is 0 Å². The van der Waals surface area contributed by atoms with E-state index < -0.39 is 5.60 Å². The van der Waals surface area contributed by atoms with Crippen LogP contribution in [-0.2, 0) is 4.79 Å². The van der Waals surface area contributed by atoms with Crippen molar-refractivity contribution in [2.75, 3.05) is 7.05 Å². The number of hydrogen-bond donors (Lipinski definition) is 1. The number of carbonyl (C=O) groups excluding carboxylic acids is 1. The van der Waals surface area contributed by atoms with E-state index in [4.69, 9.17) is 0 Å². The van der Waals surface area contributed by atoms with Crippen LogP contribution in [0.15, 0.2) is 0 Å². The van der Waals surface area contributed by atoms with E-state index in [2.05, 4.69) is 0 Å². The van der Waals surface area contributed by atoms with Crippen LogP contribution in [-0.4, -0.2) is 34.6 Å². The molecule has 0 aromatic heterocycles. The minimum absolute atomic E-state index is 0.0324. The summed E-state index contributed by atoms with van der Waals surface area (Å²) in [6, 6.07) is 0.324. The zero-order chi connectivity index (χ0) is 9.09. The van der Waals surface area contributed by atoms with Gasteiger partial charge in [0.1, 0.15) is 5.60 Å². The molecule has 3 heteroatoms. The maximum Gasteiger partial charge on any atom is 0.255 e. The second-order valence-electron chi connectivity index (χ2n) is 4.31. The van der Waals surface area contributed by atoms with E-state index in [9.17, 15) is 9.90 Å². The quantitative estimate of drug-likeness (QED) is 0.610. The molecule has 0 radical (unpaired) electrons. The molecule has 12 heavy (non-hydrogen) atoms. The summed E-state index contributed by atoms with van der Waals surface area (Å²) < 4.78 is 0. The van der Waals surface area contributed by atoms with Crippen molar-refractivity contribution in [2.24, 2.45) is 11.8 Å². The molecular formula is C9H15NO2. The fourth-order valence-corrected chi connectivity index (χ4v) is 2.35. The van der Waals surface area contributed by atoms with Gasteiger partial charge in [-0.3, -0.25) is 4.79 Å². The van der Waals surface area contributed by atoms with Crippen molar-refractivity contribution in [2.45, 2.75) is 31.9 Å². The molecule has 0 bridgehead atoms. The molecule has 0 spiro atoms. The zero-order valence-corrected chi connectivity index (χ0v) is 7.74. The highest BCUT2D eigenvalue weighted by Gasteiger charge is 2.67. The number of likely N-dealkylation sites (N-methyl/N-ethyl adjacent to an activating group) is 1. The molecule has 1 aliphatic heterocycles.